The third kappa shape index (κ3) is 4.67. The largest absolute Gasteiger partial charge is 0.492 e. The van der Waals surface area contributed by atoms with Gasteiger partial charge in [-0.15, -0.1) is 0 Å². The van der Waals surface area contributed by atoms with Gasteiger partial charge in [-0.25, -0.2) is 9.97 Å². The van der Waals surface area contributed by atoms with Gasteiger partial charge in [0.05, 0.1) is 5.69 Å². The maximum Gasteiger partial charge on any atom is 0.125 e. The number of ether oxygens (including phenoxy) is 1. The molecule has 1 heterocycles. The minimum atomic E-state index is 0.646. The second-order valence-electron chi connectivity index (χ2n) is 4.44. The summed E-state index contributed by atoms with van der Waals surface area (Å²) in [6, 6.07) is 9.99. The minimum Gasteiger partial charge on any atom is -0.492 e. The van der Waals surface area contributed by atoms with Crippen molar-refractivity contribution in [2.24, 2.45) is 0 Å². The zero-order valence-corrected chi connectivity index (χ0v) is 11.4. The third-order valence-electron chi connectivity index (χ3n) is 2.68. The third-order valence-corrected chi connectivity index (χ3v) is 2.68. The zero-order valence-electron chi connectivity index (χ0n) is 11.4. The van der Waals surface area contributed by atoms with Crippen molar-refractivity contribution in [2.75, 3.05) is 13.2 Å². The van der Waals surface area contributed by atoms with E-state index in [0.717, 1.165) is 30.4 Å². The van der Waals surface area contributed by atoms with Crippen molar-refractivity contribution in [3.63, 3.8) is 0 Å². The Bertz CT molecular complexity index is 481. The molecule has 2 aromatic rings. The molecule has 0 spiro atoms. The normalized spacial score (nSPS) is 10.4. The Morgan fingerprint density at radius 1 is 1.21 bits per heavy atom. The molecule has 0 saturated heterocycles. The molecule has 0 bridgehead atoms. The molecule has 4 heteroatoms. The fraction of sp³-hybridized carbons (Fsp3) is 0.333. The molecule has 0 aliphatic rings. The number of aryl methyl sites for hydroxylation is 2. The fourth-order valence-electron chi connectivity index (χ4n) is 1.77. The smallest absolute Gasteiger partial charge is 0.125 e. The Hall–Kier alpha value is -1.94. The zero-order chi connectivity index (χ0) is 13.5. The van der Waals surface area contributed by atoms with E-state index >= 15 is 0 Å². The summed E-state index contributed by atoms with van der Waals surface area (Å²) in [7, 11) is 0. The Kier molecular flexibility index (Phi) is 4.86. The summed E-state index contributed by atoms with van der Waals surface area (Å²) in [5, 5.41) is 3.30. The fourth-order valence-corrected chi connectivity index (χ4v) is 1.77. The van der Waals surface area contributed by atoms with Crippen molar-refractivity contribution in [1.82, 2.24) is 15.3 Å². The van der Waals surface area contributed by atoms with Gasteiger partial charge < -0.3 is 10.1 Å². The van der Waals surface area contributed by atoms with Crippen LogP contribution in [0.5, 0.6) is 5.75 Å². The second kappa shape index (κ2) is 6.85. The standard InChI is InChI=1S/C15H19N3O/c1-12-4-3-5-15(10-12)19-9-8-16-11-14-6-7-17-13(2)18-14/h3-7,10,16H,8-9,11H2,1-2H3. The van der Waals surface area contributed by atoms with Gasteiger partial charge >= 0.3 is 0 Å². The molecule has 100 valence electrons. The summed E-state index contributed by atoms with van der Waals surface area (Å²) in [5.41, 5.74) is 2.21. The van der Waals surface area contributed by atoms with E-state index < -0.39 is 0 Å². The van der Waals surface area contributed by atoms with E-state index in [1.807, 2.05) is 31.2 Å². The van der Waals surface area contributed by atoms with Gasteiger partial charge in [-0.1, -0.05) is 12.1 Å². The molecule has 1 aromatic heterocycles. The van der Waals surface area contributed by atoms with Crippen molar-refractivity contribution < 1.29 is 4.74 Å². The van der Waals surface area contributed by atoms with Crippen LogP contribution in [0, 0.1) is 13.8 Å². The molecule has 0 saturated carbocycles. The molecule has 0 unspecified atom stereocenters. The molecule has 1 N–H and O–H groups in total. The van der Waals surface area contributed by atoms with Crippen LogP contribution in [-0.4, -0.2) is 23.1 Å². The van der Waals surface area contributed by atoms with E-state index in [1.165, 1.54) is 5.56 Å². The topological polar surface area (TPSA) is 47.0 Å². The number of nitrogens with zero attached hydrogens (tertiary/aromatic N) is 2. The van der Waals surface area contributed by atoms with Gasteiger partial charge in [0.2, 0.25) is 0 Å². The predicted octanol–water partition coefficient (Wildman–Crippen LogP) is 2.26. The lowest BCUT2D eigenvalue weighted by atomic mass is 10.2. The molecule has 0 fully saturated rings. The maximum atomic E-state index is 5.65. The second-order valence-corrected chi connectivity index (χ2v) is 4.44. The van der Waals surface area contributed by atoms with Crippen molar-refractivity contribution in [2.45, 2.75) is 20.4 Å². The van der Waals surface area contributed by atoms with Crippen LogP contribution >= 0.6 is 0 Å². The van der Waals surface area contributed by atoms with Crippen LogP contribution in [0.4, 0.5) is 0 Å². The first-order valence-electron chi connectivity index (χ1n) is 6.43. The maximum absolute atomic E-state index is 5.65. The Balaban J connectivity index is 1.67. The average molecular weight is 257 g/mol. The summed E-state index contributed by atoms with van der Waals surface area (Å²) in [6.45, 7) is 6.12. The number of benzene rings is 1. The molecule has 1 aromatic carbocycles. The van der Waals surface area contributed by atoms with Gasteiger partial charge in [0, 0.05) is 19.3 Å². The van der Waals surface area contributed by atoms with Crippen molar-refractivity contribution in [3.05, 3.63) is 53.6 Å². The predicted molar refractivity (Wildman–Crippen MR) is 75.1 cm³/mol. The Labute approximate surface area is 113 Å². The van der Waals surface area contributed by atoms with E-state index in [0.29, 0.717) is 6.61 Å². The highest BCUT2D eigenvalue weighted by molar-refractivity contribution is 5.27. The molecule has 2 rings (SSSR count). The molecular formula is C15H19N3O. The highest BCUT2D eigenvalue weighted by Crippen LogP contribution is 2.11. The number of rotatable bonds is 6. The van der Waals surface area contributed by atoms with Crippen LogP contribution in [0.15, 0.2) is 36.5 Å². The summed E-state index contributed by atoms with van der Waals surface area (Å²) in [4.78, 5) is 8.39. The number of hydrogen-bond donors (Lipinski definition) is 1. The first-order valence-corrected chi connectivity index (χ1v) is 6.43. The van der Waals surface area contributed by atoms with Gasteiger partial charge in [-0.05, 0) is 37.6 Å². The quantitative estimate of drug-likeness (QED) is 0.806. The van der Waals surface area contributed by atoms with Gasteiger partial charge in [0.15, 0.2) is 0 Å². The molecule has 19 heavy (non-hydrogen) atoms. The highest BCUT2D eigenvalue weighted by atomic mass is 16.5. The van der Waals surface area contributed by atoms with Crippen LogP contribution in [0.25, 0.3) is 0 Å². The lowest BCUT2D eigenvalue weighted by Gasteiger charge is -2.08. The van der Waals surface area contributed by atoms with Crippen molar-refractivity contribution in [1.29, 1.82) is 0 Å². The van der Waals surface area contributed by atoms with E-state index in [-0.39, 0.29) is 0 Å². The first kappa shape index (κ1) is 13.5. The van der Waals surface area contributed by atoms with Gasteiger partial charge in [-0.2, -0.15) is 0 Å². The van der Waals surface area contributed by atoms with Crippen LogP contribution in [-0.2, 0) is 6.54 Å². The average Bonchev–Trinajstić information content (AvgIpc) is 2.38. The summed E-state index contributed by atoms with van der Waals surface area (Å²) in [5.74, 6) is 1.72. The molecule has 0 aliphatic carbocycles. The van der Waals surface area contributed by atoms with Gasteiger partial charge in [-0.3, -0.25) is 0 Å². The molecule has 4 nitrogen and oxygen atoms in total. The van der Waals surface area contributed by atoms with E-state index in [9.17, 15) is 0 Å². The number of aromatic nitrogens is 2. The lowest BCUT2D eigenvalue weighted by molar-refractivity contribution is 0.313. The molecule has 0 aliphatic heterocycles. The van der Waals surface area contributed by atoms with Gasteiger partial charge in [0.25, 0.3) is 0 Å². The Morgan fingerprint density at radius 2 is 2.11 bits per heavy atom. The van der Waals surface area contributed by atoms with E-state index in [4.69, 9.17) is 4.74 Å². The summed E-state index contributed by atoms with van der Waals surface area (Å²) >= 11 is 0. The van der Waals surface area contributed by atoms with Crippen molar-refractivity contribution >= 4 is 0 Å². The van der Waals surface area contributed by atoms with Crippen molar-refractivity contribution in [3.8, 4) is 5.75 Å². The minimum absolute atomic E-state index is 0.646. The SMILES string of the molecule is Cc1cccc(OCCNCc2ccnc(C)n2)c1. The van der Waals surface area contributed by atoms with Crippen LogP contribution in [0.2, 0.25) is 0 Å². The Morgan fingerprint density at radius 3 is 2.89 bits per heavy atom. The monoisotopic (exact) mass is 257 g/mol. The lowest BCUT2D eigenvalue weighted by Crippen LogP contribution is -2.21. The van der Waals surface area contributed by atoms with Crippen LogP contribution in [0.1, 0.15) is 17.1 Å². The molecule has 0 radical (unpaired) electrons. The molecule has 0 atom stereocenters. The van der Waals surface area contributed by atoms with E-state index in [1.54, 1.807) is 6.20 Å². The van der Waals surface area contributed by atoms with Gasteiger partial charge in [0.1, 0.15) is 18.2 Å². The number of hydrogen-bond acceptors (Lipinski definition) is 4. The summed E-state index contributed by atoms with van der Waals surface area (Å²) < 4.78 is 5.65. The molecule has 0 amide bonds. The molecular weight excluding hydrogens is 238 g/mol. The van der Waals surface area contributed by atoms with Crippen LogP contribution < -0.4 is 10.1 Å². The van der Waals surface area contributed by atoms with E-state index in [2.05, 4.69) is 28.3 Å². The number of nitrogens with one attached hydrogen (secondary N) is 1. The highest BCUT2D eigenvalue weighted by Gasteiger charge is 1.96. The summed E-state index contributed by atoms with van der Waals surface area (Å²) in [6.07, 6.45) is 1.78. The van der Waals surface area contributed by atoms with Crippen LogP contribution in [0.3, 0.4) is 0 Å². The first-order chi connectivity index (χ1) is 9.24.